The van der Waals surface area contributed by atoms with Crippen molar-refractivity contribution in [2.45, 2.75) is 26.7 Å². The van der Waals surface area contributed by atoms with Crippen LogP contribution in [0.5, 0.6) is 5.06 Å². The fourth-order valence-corrected chi connectivity index (χ4v) is 2.19. The zero-order chi connectivity index (χ0) is 12.9. The maximum atomic E-state index is 12.1. The molecule has 4 nitrogen and oxygen atoms in total. The lowest BCUT2D eigenvalue weighted by molar-refractivity contribution is -0.165. The van der Waals surface area contributed by atoms with E-state index in [1.807, 2.05) is 0 Å². The Morgan fingerprint density at radius 2 is 1.94 bits per heavy atom. The maximum Gasteiger partial charge on any atom is 0.329 e. The Bertz CT molecular complexity index is 379. The van der Waals surface area contributed by atoms with Crippen LogP contribution < -0.4 is 4.74 Å². The number of rotatable bonds is 5. The standard InChI is InChI=1S/C12H16O4S/c1-4-12(5-2,10(13)15-3)11(14)16-9-7-6-8-17-9/h6-8H,4-5H2,1-3H3. The molecule has 0 N–H and O–H groups in total. The second-order valence-corrected chi connectivity index (χ2v) is 4.51. The molecule has 0 atom stereocenters. The van der Waals surface area contributed by atoms with Gasteiger partial charge < -0.3 is 9.47 Å². The molecule has 0 bridgehead atoms. The van der Waals surface area contributed by atoms with Crippen LogP contribution in [0.4, 0.5) is 0 Å². The summed E-state index contributed by atoms with van der Waals surface area (Å²) in [6.45, 7) is 3.55. The van der Waals surface area contributed by atoms with Gasteiger partial charge in [-0.3, -0.25) is 9.59 Å². The first-order valence-corrected chi connectivity index (χ1v) is 6.33. The number of hydrogen-bond donors (Lipinski definition) is 0. The van der Waals surface area contributed by atoms with Crippen LogP contribution in [-0.4, -0.2) is 19.0 Å². The van der Waals surface area contributed by atoms with Crippen LogP contribution >= 0.6 is 11.3 Å². The van der Waals surface area contributed by atoms with Crippen LogP contribution in [0.15, 0.2) is 17.5 Å². The molecule has 94 valence electrons. The number of ether oxygens (including phenoxy) is 2. The van der Waals surface area contributed by atoms with Crippen LogP contribution in [0.25, 0.3) is 0 Å². The van der Waals surface area contributed by atoms with Gasteiger partial charge in [-0.1, -0.05) is 13.8 Å². The van der Waals surface area contributed by atoms with Gasteiger partial charge in [0.05, 0.1) is 7.11 Å². The predicted molar refractivity (Wildman–Crippen MR) is 65.0 cm³/mol. The molecule has 0 unspecified atom stereocenters. The smallest absolute Gasteiger partial charge is 0.329 e. The van der Waals surface area contributed by atoms with Gasteiger partial charge in [0.2, 0.25) is 0 Å². The molecular weight excluding hydrogens is 240 g/mol. The van der Waals surface area contributed by atoms with Crippen molar-refractivity contribution in [2.75, 3.05) is 7.11 Å². The summed E-state index contributed by atoms with van der Waals surface area (Å²) in [5.41, 5.74) is -1.20. The number of esters is 2. The highest BCUT2D eigenvalue weighted by molar-refractivity contribution is 7.11. The molecule has 0 aromatic carbocycles. The van der Waals surface area contributed by atoms with Crippen molar-refractivity contribution in [1.82, 2.24) is 0 Å². The lowest BCUT2D eigenvalue weighted by atomic mass is 9.82. The highest BCUT2D eigenvalue weighted by atomic mass is 32.1. The average Bonchev–Trinajstić information content (AvgIpc) is 2.83. The summed E-state index contributed by atoms with van der Waals surface area (Å²) in [7, 11) is 1.28. The first-order valence-electron chi connectivity index (χ1n) is 5.45. The van der Waals surface area contributed by atoms with Crippen molar-refractivity contribution in [1.29, 1.82) is 0 Å². The minimum absolute atomic E-state index is 0.361. The fraction of sp³-hybridized carbons (Fsp3) is 0.500. The van der Waals surface area contributed by atoms with Gasteiger partial charge in [-0.05, 0) is 30.4 Å². The molecule has 0 aliphatic heterocycles. The van der Waals surface area contributed by atoms with E-state index >= 15 is 0 Å². The summed E-state index contributed by atoms with van der Waals surface area (Å²) in [4.78, 5) is 23.8. The van der Waals surface area contributed by atoms with E-state index in [2.05, 4.69) is 0 Å². The monoisotopic (exact) mass is 256 g/mol. The van der Waals surface area contributed by atoms with E-state index in [4.69, 9.17) is 9.47 Å². The third-order valence-corrected chi connectivity index (χ3v) is 3.61. The number of carbonyl (C=O) groups excluding carboxylic acids is 2. The minimum atomic E-state index is -1.20. The molecule has 1 aromatic rings. The summed E-state index contributed by atoms with van der Waals surface area (Å²) in [6.07, 6.45) is 0.723. The van der Waals surface area contributed by atoms with Crippen LogP contribution in [-0.2, 0) is 14.3 Å². The van der Waals surface area contributed by atoms with Gasteiger partial charge in [0.1, 0.15) is 0 Å². The largest absolute Gasteiger partial charge is 0.468 e. The van der Waals surface area contributed by atoms with E-state index in [1.165, 1.54) is 18.4 Å². The number of carbonyl (C=O) groups is 2. The summed E-state index contributed by atoms with van der Waals surface area (Å²) in [5.74, 6) is -1.08. The van der Waals surface area contributed by atoms with Crippen molar-refractivity contribution in [3.8, 4) is 5.06 Å². The van der Waals surface area contributed by atoms with Gasteiger partial charge in [-0.2, -0.15) is 0 Å². The Morgan fingerprint density at radius 3 is 2.35 bits per heavy atom. The van der Waals surface area contributed by atoms with E-state index in [9.17, 15) is 9.59 Å². The van der Waals surface area contributed by atoms with E-state index in [0.717, 1.165) is 0 Å². The lowest BCUT2D eigenvalue weighted by Crippen LogP contribution is -2.42. The fourth-order valence-electron chi connectivity index (χ4n) is 1.62. The van der Waals surface area contributed by atoms with E-state index in [0.29, 0.717) is 17.9 Å². The molecule has 0 aliphatic rings. The topological polar surface area (TPSA) is 52.6 Å². The van der Waals surface area contributed by atoms with Crippen molar-refractivity contribution in [3.05, 3.63) is 17.5 Å². The van der Waals surface area contributed by atoms with Crippen LogP contribution in [0.3, 0.4) is 0 Å². The van der Waals surface area contributed by atoms with Gasteiger partial charge in [0, 0.05) is 0 Å². The first-order chi connectivity index (χ1) is 8.10. The molecule has 1 aromatic heterocycles. The highest BCUT2D eigenvalue weighted by Crippen LogP contribution is 2.31. The molecule has 0 spiro atoms. The molecule has 1 heterocycles. The molecular formula is C12H16O4S. The summed E-state index contributed by atoms with van der Waals surface area (Å²) in [5, 5.41) is 2.30. The molecule has 0 saturated carbocycles. The van der Waals surface area contributed by atoms with Gasteiger partial charge >= 0.3 is 11.9 Å². The molecule has 0 saturated heterocycles. The zero-order valence-electron chi connectivity index (χ0n) is 10.2. The van der Waals surface area contributed by atoms with Crippen LogP contribution in [0, 0.1) is 5.41 Å². The summed E-state index contributed by atoms with van der Waals surface area (Å²) in [6, 6.07) is 3.47. The first kappa shape index (κ1) is 13.7. The SMILES string of the molecule is CCC(CC)(C(=O)OC)C(=O)Oc1cccs1. The van der Waals surface area contributed by atoms with Crippen molar-refractivity contribution >= 4 is 23.3 Å². The molecule has 0 aliphatic carbocycles. The van der Waals surface area contributed by atoms with Crippen molar-refractivity contribution in [3.63, 3.8) is 0 Å². The number of thiophene rings is 1. The van der Waals surface area contributed by atoms with Gasteiger partial charge in [0.25, 0.3) is 0 Å². The minimum Gasteiger partial charge on any atom is -0.468 e. The van der Waals surface area contributed by atoms with Crippen molar-refractivity contribution in [2.24, 2.45) is 5.41 Å². The van der Waals surface area contributed by atoms with E-state index in [-0.39, 0.29) is 0 Å². The Morgan fingerprint density at radius 1 is 1.29 bits per heavy atom. The Labute approximate surface area is 105 Å². The van der Waals surface area contributed by atoms with Gasteiger partial charge in [-0.25, -0.2) is 0 Å². The summed E-state index contributed by atoms with van der Waals surface area (Å²) >= 11 is 1.31. The van der Waals surface area contributed by atoms with Crippen LogP contribution in [0.1, 0.15) is 26.7 Å². The van der Waals surface area contributed by atoms with E-state index < -0.39 is 17.4 Å². The summed E-state index contributed by atoms with van der Waals surface area (Å²) < 4.78 is 9.90. The van der Waals surface area contributed by atoms with Gasteiger partial charge in [-0.15, -0.1) is 11.3 Å². The van der Waals surface area contributed by atoms with E-state index in [1.54, 1.807) is 31.4 Å². The number of hydrogen-bond acceptors (Lipinski definition) is 5. The molecule has 0 radical (unpaired) electrons. The van der Waals surface area contributed by atoms with Crippen LogP contribution in [0.2, 0.25) is 0 Å². The molecule has 0 fully saturated rings. The Kier molecular flexibility index (Phi) is 4.69. The zero-order valence-corrected chi connectivity index (χ0v) is 11.0. The quantitative estimate of drug-likeness (QED) is 0.600. The second-order valence-electron chi connectivity index (χ2n) is 3.60. The lowest BCUT2D eigenvalue weighted by Gasteiger charge is -2.25. The third kappa shape index (κ3) is 2.66. The molecule has 5 heteroatoms. The molecule has 1 rings (SSSR count). The predicted octanol–water partition coefficient (Wildman–Crippen LogP) is 2.63. The second kappa shape index (κ2) is 5.82. The molecule has 17 heavy (non-hydrogen) atoms. The molecule has 0 amide bonds. The third-order valence-electron chi connectivity index (χ3n) is 2.86. The highest BCUT2D eigenvalue weighted by Gasteiger charge is 2.45. The average molecular weight is 256 g/mol. The normalized spacial score (nSPS) is 11.0. The van der Waals surface area contributed by atoms with Gasteiger partial charge in [0.15, 0.2) is 10.5 Å². The number of methoxy groups -OCH3 is 1. The van der Waals surface area contributed by atoms with Crippen molar-refractivity contribution < 1.29 is 19.1 Å². The maximum absolute atomic E-state index is 12.1. The Hall–Kier alpha value is -1.36. The Balaban J connectivity index is 2.91.